The second kappa shape index (κ2) is 6.67. The highest BCUT2D eigenvalue weighted by atomic mass is 35.5. The second-order valence-electron chi connectivity index (χ2n) is 2.91. The lowest BCUT2D eigenvalue weighted by molar-refractivity contribution is -0.0925. The predicted octanol–water partition coefficient (Wildman–Crippen LogP) is 4.45. The molecule has 5 heteroatoms. The quantitative estimate of drug-likeness (QED) is 0.643. The molecule has 0 bridgehead atoms. The summed E-state index contributed by atoms with van der Waals surface area (Å²) in [5.41, 5.74) is -0.876. The third-order valence-corrected chi connectivity index (χ3v) is 1.56. The van der Waals surface area contributed by atoms with Gasteiger partial charge >= 0.3 is 6.18 Å². The van der Waals surface area contributed by atoms with Gasteiger partial charge in [-0.05, 0) is 19.4 Å². The number of nitrogens with zero attached hydrogens (tertiary/aromatic N) is 1. The molecule has 0 saturated heterocycles. The Bertz CT molecular complexity index is 273. The van der Waals surface area contributed by atoms with Crippen LogP contribution >= 0.6 is 11.6 Å². The number of alkyl halides is 3. The van der Waals surface area contributed by atoms with E-state index in [0.29, 0.717) is 17.9 Å². The monoisotopic (exact) mass is 239 g/mol. The van der Waals surface area contributed by atoms with Crippen molar-refractivity contribution in [3.05, 3.63) is 22.9 Å². The molecule has 0 atom stereocenters. The zero-order valence-electron chi connectivity index (χ0n) is 8.61. The van der Waals surface area contributed by atoms with Crippen molar-refractivity contribution in [2.24, 2.45) is 4.99 Å². The Kier molecular flexibility index (Phi) is 6.32. The summed E-state index contributed by atoms with van der Waals surface area (Å²) in [6.07, 6.45) is 0.0489. The molecule has 0 saturated carbocycles. The number of unbranched alkanes of at least 4 members (excludes halogenated alkanes) is 1. The van der Waals surface area contributed by atoms with E-state index in [-0.39, 0.29) is 0 Å². The van der Waals surface area contributed by atoms with Crippen molar-refractivity contribution in [3.63, 3.8) is 0 Å². The van der Waals surface area contributed by atoms with Gasteiger partial charge in [0.1, 0.15) is 5.70 Å². The Hall–Kier alpha value is -0.770. The molecule has 0 radical (unpaired) electrons. The van der Waals surface area contributed by atoms with Gasteiger partial charge in [-0.15, -0.1) is 0 Å². The average molecular weight is 240 g/mol. The van der Waals surface area contributed by atoms with Crippen molar-refractivity contribution in [3.8, 4) is 0 Å². The van der Waals surface area contributed by atoms with E-state index in [4.69, 9.17) is 11.6 Å². The molecule has 15 heavy (non-hydrogen) atoms. The van der Waals surface area contributed by atoms with Gasteiger partial charge in [0.2, 0.25) is 0 Å². The van der Waals surface area contributed by atoms with Crippen molar-refractivity contribution >= 4 is 17.8 Å². The third-order valence-electron chi connectivity index (χ3n) is 1.43. The molecule has 0 aliphatic heterocycles. The lowest BCUT2D eigenvalue weighted by Gasteiger charge is -2.05. The molecule has 0 aromatic heterocycles. The summed E-state index contributed by atoms with van der Waals surface area (Å²) in [5, 5.41) is 0.385. The molecular formula is C10H13ClF3N. The Morgan fingerprint density at radius 2 is 2.00 bits per heavy atom. The van der Waals surface area contributed by atoms with Gasteiger partial charge in [0.15, 0.2) is 0 Å². The van der Waals surface area contributed by atoms with Crippen LogP contribution in [0.5, 0.6) is 0 Å². The summed E-state index contributed by atoms with van der Waals surface area (Å²) in [6.45, 7) is 3.37. The largest absolute Gasteiger partial charge is 0.433 e. The minimum absolute atomic E-state index is 0.357. The summed E-state index contributed by atoms with van der Waals surface area (Å²) in [7, 11) is 0. The van der Waals surface area contributed by atoms with Crippen LogP contribution in [-0.2, 0) is 0 Å². The van der Waals surface area contributed by atoms with E-state index in [1.165, 1.54) is 6.08 Å². The van der Waals surface area contributed by atoms with Crippen LogP contribution < -0.4 is 0 Å². The molecule has 86 valence electrons. The Morgan fingerprint density at radius 3 is 2.40 bits per heavy atom. The molecule has 0 fully saturated rings. The van der Waals surface area contributed by atoms with Gasteiger partial charge in [0.25, 0.3) is 0 Å². The highest BCUT2D eigenvalue weighted by Gasteiger charge is 2.32. The first-order valence-electron chi connectivity index (χ1n) is 4.51. The van der Waals surface area contributed by atoms with Gasteiger partial charge in [-0.25, -0.2) is 0 Å². The van der Waals surface area contributed by atoms with Crippen molar-refractivity contribution in [2.45, 2.75) is 32.9 Å². The predicted molar refractivity (Wildman–Crippen MR) is 57.1 cm³/mol. The maximum Gasteiger partial charge on any atom is 0.433 e. The molecule has 0 rings (SSSR count). The molecule has 0 spiro atoms. The smallest absolute Gasteiger partial charge is 0.252 e. The van der Waals surface area contributed by atoms with Crippen LogP contribution in [0.25, 0.3) is 0 Å². The van der Waals surface area contributed by atoms with E-state index < -0.39 is 11.9 Å². The normalized spacial score (nSPS) is 15.1. The van der Waals surface area contributed by atoms with Crippen LogP contribution in [0.2, 0.25) is 0 Å². The molecule has 0 unspecified atom stereocenters. The van der Waals surface area contributed by atoms with E-state index in [1.807, 2.05) is 0 Å². The summed E-state index contributed by atoms with van der Waals surface area (Å²) in [5.74, 6) is 0. The minimum atomic E-state index is -4.40. The fraction of sp³-hybridized carbons (Fsp3) is 0.500. The summed E-state index contributed by atoms with van der Waals surface area (Å²) in [4.78, 5) is 3.32. The SMILES string of the molecule is CCC/C=C(/N=C/C=C(\C)Cl)C(F)(F)F. The van der Waals surface area contributed by atoms with E-state index in [2.05, 4.69) is 4.99 Å². The van der Waals surface area contributed by atoms with E-state index in [0.717, 1.165) is 12.3 Å². The van der Waals surface area contributed by atoms with Crippen LogP contribution in [0.15, 0.2) is 27.9 Å². The van der Waals surface area contributed by atoms with E-state index in [1.54, 1.807) is 13.8 Å². The highest BCUT2D eigenvalue weighted by molar-refractivity contribution is 6.30. The van der Waals surface area contributed by atoms with Crippen molar-refractivity contribution < 1.29 is 13.2 Å². The molecule has 1 nitrogen and oxygen atoms in total. The molecule has 0 aromatic carbocycles. The second-order valence-corrected chi connectivity index (χ2v) is 3.50. The van der Waals surface area contributed by atoms with Crippen molar-refractivity contribution in [1.82, 2.24) is 0 Å². The summed E-state index contributed by atoms with van der Waals surface area (Å²) < 4.78 is 37.0. The molecular weight excluding hydrogens is 227 g/mol. The van der Waals surface area contributed by atoms with Gasteiger partial charge in [0.05, 0.1) is 0 Å². The third kappa shape index (κ3) is 7.19. The van der Waals surface area contributed by atoms with Gasteiger partial charge < -0.3 is 0 Å². The van der Waals surface area contributed by atoms with Crippen molar-refractivity contribution in [2.75, 3.05) is 0 Å². The highest BCUT2D eigenvalue weighted by Crippen LogP contribution is 2.26. The van der Waals surface area contributed by atoms with Gasteiger partial charge in [-0.2, -0.15) is 13.2 Å². The number of hydrogen-bond acceptors (Lipinski definition) is 1. The average Bonchev–Trinajstić information content (AvgIpc) is 2.08. The molecule has 0 heterocycles. The standard InChI is InChI=1S/C10H13ClF3N/c1-3-4-5-9(10(12,13)14)15-7-6-8(2)11/h5-7H,3-4H2,1-2H3/b8-6+,9-5+,15-7+. The Balaban J connectivity index is 4.67. The number of rotatable bonds is 4. The molecule has 0 aliphatic carbocycles. The first-order valence-corrected chi connectivity index (χ1v) is 4.89. The first kappa shape index (κ1) is 14.2. The molecule has 0 aromatic rings. The van der Waals surface area contributed by atoms with Crippen LogP contribution in [0.3, 0.4) is 0 Å². The van der Waals surface area contributed by atoms with Gasteiger partial charge in [-0.1, -0.05) is 31.0 Å². The fourth-order valence-corrected chi connectivity index (χ4v) is 0.799. The van der Waals surface area contributed by atoms with E-state index >= 15 is 0 Å². The zero-order chi connectivity index (χ0) is 11.9. The maximum atomic E-state index is 12.3. The van der Waals surface area contributed by atoms with Crippen molar-refractivity contribution in [1.29, 1.82) is 0 Å². The number of halogens is 4. The molecule has 0 N–H and O–H groups in total. The van der Waals surface area contributed by atoms with E-state index in [9.17, 15) is 13.2 Å². The maximum absolute atomic E-state index is 12.3. The fourth-order valence-electron chi connectivity index (χ4n) is 0.743. The topological polar surface area (TPSA) is 12.4 Å². The number of aliphatic imine (C=N–C) groups is 1. The van der Waals surface area contributed by atoms with Gasteiger partial charge in [-0.3, -0.25) is 4.99 Å². The van der Waals surface area contributed by atoms with Crippen LogP contribution in [0.1, 0.15) is 26.7 Å². The molecule has 0 amide bonds. The minimum Gasteiger partial charge on any atom is -0.252 e. The Labute approximate surface area is 92.3 Å². The number of hydrogen-bond donors (Lipinski definition) is 0. The van der Waals surface area contributed by atoms with Crippen LogP contribution in [-0.4, -0.2) is 12.4 Å². The van der Waals surface area contributed by atoms with Crippen LogP contribution in [0, 0.1) is 0 Å². The zero-order valence-corrected chi connectivity index (χ0v) is 9.36. The number of allylic oxidation sites excluding steroid dienone is 4. The van der Waals surface area contributed by atoms with Gasteiger partial charge in [0, 0.05) is 11.2 Å². The molecule has 0 aliphatic rings. The Morgan fingerprint density at radius 1 is 1.40 bits per heavy atom. The lowest BCUT2D eigenvalue weighted by atomic mass is 10.3. The summed E-state index contributed by atoms with van der Waals surface area (Å²) >= 11 is 5.45. The summed E-state index contributed by atoms with van der Waals surface area (Å²) in [6, 6.07) is 0. The lowest BCUT2D eigenvalue weighted by Crippen LogP contribution is -2.10. The first-order chi connectivity index (χ1) is 6.88. The van der Waals surface area contributed by atoms with Crippen LogP contribution in [0.4, 0.5) is 13.2 Å².